The van der Waals surface area contributed by atoms with Crippen molar-refractivity contribution in [1.29, 1.82) is 0 Å². The molecule has 2 aromatic rings. The zero-order chi connectivity index (χ0) is 11.4. The topological polar surface area (TPSA) is 44.0 Å². The summed E-state index contributed by atoms with van der Waals surface area (Å²) in [6, 6.07) is 8.62. The van der Waals surface area contributed by atoms with Crippen molar-refractivity contribution in [3.63, 3.8) is 0 Å². The lowest BCUT2D eigenvalue weighted by Gasteiger charge is -2.07. The van der Waals surface area contributed by atoms with Gasteiger partial charge >= 0.3 is 0 Å². The predicted molar refractivity (Wildman–Crippen MR) is 60.5 cm³/mol. The van der Waals surface area contributed by atoms with Crippen molar-refractivity contribution in [1.82, 2.24) is 9.13 Å². The molecule has 0 atom stereocenters. The highest BCUT2D eigenvalue weighted by Crippen LogP contribution is 1.99. The van der Waals surface area contributed by atoms with Crippen molar-refractivity contribution in [2.75, 3.05) is 0 Å². The van der Waals surface area contributed by atoms with Crippen molar-refractivity contribution >= 4 is 6.29 Å². The molecule has 0 fully saturated rings. The van der Waals surface area contributed by atoms with Gasteiger partial charge in [-0.1, -0.05) is 6.07 Å². The Morgan fingerprint density at radius 2 is 1.75 bits per heavy atom. The van der Waals surface area contributed by atoms with E-state index in [2.05, 4.69) is 0 Å². The molecule has 0 aliphatic rings. The number of aldehydes is 1. The largest absolute Gasteiger partial charge is 0.344 e. The first-order chi connectivity index (χ1) is 7.81. The molecule has 0 aliphatic heterocycles. The molecule has 16 heavy (non-hydrogen) atoms. The number of aryl methyl sites for hydroxylation is 2. The van der Waals surface area contributed by atoms with Gasteiger partial charge in [0, 0.05) is 31.5 Å². The van der Waals surface area contributed by atoms with Crippen LogP contribution in [0, 0.1) is 0 Å². The normalized spacial score (nSPS) is 10.2. The van der Waals surface area contributed by atoms with Gasteiger partial charge in [0.25, 0.3) is 5.56 Å². The van der Waals surface area contributed by atoms with E-state index in [-0.39, 0.29) is 5.56 Å². The van der Waals surface area contributed by atoms with Crippen LogP contribution in [0.25, 0.3) is 0 Å². The van der Waals surface area contributed by atoms with Crippen LogP contribution >= 0.6 is 0 Å². The molecular weight excluding hydrogens is 204 g/mol. The molecule has 82 valence electrons. The van der Waals surface area contributed by atoms with Crippen molar-refractivity contribution in [3.05, 3.63) is 58.8 Å². The molecule has 0 aliphatic carbocycles. The second-order valence-electron chi connectivity index (χ2n) is 3.48. The van der Waals surface area contributed by atoms with Crippen molar-refractivity contribution in [3.8, 4) is 0 Å². The summed E-state index contributed by atoms with van der Waals surface area (Å²) >= 11 is 0. The van der Waals surface area contributed by atoms with Crippen LogP contribution in [0.2, 0.25) is 0 Å². The molecule has 4 heteroatoms. The van der Waals surface area contributed by atoms with Gasteiger partial charge in [0.1, 0.15) is 0 Å². The lowest BCUT2D eigenvalue weighted by Crippen LogP contribution is -2.20. The number of nitrogens with zero attached hydrogens (tertiary/aromatic N) is 2. The molecular formula is C12H12N2O2. The molecule has 0 aromatic carbocycles. The second-order valence-corrected chi connectivity index (χ2v) is 3.48. The van der Waals surface area contributed by atoms with E-state index in [1.165, 1.54) is 6.07 Å². The maximum atomic E-state index is 11.4. The number of hydrogen-bond donors (Lipinski definition) is 0. The van der Waals surface area contributed by atoms with Crippen LogP contribution in [0.15, 0.2) is 47.5 Å². The van der Waals surface area contributed by atoms with Gasteiger partial charge in [0.2, 0.25) is 0 Å². The van der Waals surface area contributed by atoms with Gasteiger partial charge in [0.15, 0.2) is 6.29 Å². The Balaban J connectivity index is 2.11. The third-order valence-corrected chi connectivity index (χ3v) is 2.47. The lowest BCUT2D eigenvalue weighted by molar-refractivity contribution is 0.111. The van der Waals surface area contributed by atoms with Gasteiger partial charge in [-0.2, -0.15) is 0 Å². The van der Waals surface area contributed by atoms with E-state index in [4.69, 9.17) is 0 Å². The Morgan fingerprint density at radius 3 is 2.50 bits per heavy atom. The smallest absolute Gasteiger partial charge is 0.250 e. The SMILES string of the molecule is O=Cc1cccn1CCn1ccccc1=O. The van der Waals surface area contributed by atoms with Crippen molar-refractivity contribution < 1.29 is 4.79 Å². The highest BCUT2D eigenvalue weighted by Gasteiger charge is 1.99. The summed E-state index contributed by atoms with van der Waals surface area (Å²) in [5, 5.41) is 0. The number of rotatable bonds is 4. The molecule has 2 rings (SSSR count). The first kappa shape index (κ1) is 10.4. The zero-order valence-corrected chi connectivity index (χ0v) is 8.74. The molecule has 0 amide bonds. The molecule has 2 aromatic heterocycles. The van der Waals surface area contributed by atoms with Gasteiger partial charge in [-0.15, -0.1) is 0 Å². The molecule has 0 saturated heterocycles. The molecule has 0 N–H and O–H groups in total. The van der Waals surface area contributed by atoms with E-state index in [0.29, 0.717) is 18.8 Å². The molecule has 0 saturated carbocycles. The summed E-state index contributed by atoms with van der Waals surface area (Å²) in [6.45, 7) is 1.18. The second kappa shape index (κ2) is 4.61. The molecule has 2 heterocycles. The number of pyridine rings is 1. The van der Waals surface area contributed by atoms with Gasteiger partial charge in [0.05, 0.1) is 5.69 Å². The Bertz CT molecular complexity index is 540. The van der Waals surface area contributed by atoms with Crippen LogP contribution in [0.3, 0.4) is 0 Å². The fraction of sp³-hybridized carbons (Fsp3) is 0.167. The summed E-state index contributed by atoms with van der Waals surface area (Å²) in [5.74, 6) is 0. The predicted octanol–water partition coefficient (Wildman–Crippen LogP) is 1.16. The zero-order valence-electron chi connectivity index (χ0n) is 8.74. The minimum atomic E-state index is -0.0256. The Kier molecular flexibility index (Phi) is 3.00. The molecule has 0 unspecified atom stereocenters. The van der Waals surface area contributed by atoms with Gasteiger partial charge < -0.3 is 9.13 Å². The van der Waals surface area contributed by atoms with Crippen LogP contribution in [0.4, 0.5) is 0 Å². The maximum absolute atomic E-state index is 11.4. The first-order valence-corrected chi connectivity index (χ1v) is 5.07. The molecule has 0 spiro atoms. The highest BCUT2D eigenvalue weighted by molar-refractivity contribution is 5.72. The van der Waals surface area contributed by atoms with Crippen LogP contribution < -0.4 is 5.56 Å². The van der Waals surface area contributed by atoms with Crippen LogP contribution in [-0.4, -0.2) is 15.4 Å². The monoisotopic (exact) mass is 216 g/mol. The molecule has 4 nitrogen and oxygen atoms in total. The van der Waals surface area contributed by atoms with E-state index >= 15 is 0 Å². The molecule has 0 radical (unpaired) electrons. The third-order valence-electron chi connectivity index (χ3n) is 2.47. The minimum absolute atomic E-state index is 0.0256. The number of aromatic nitrogens is 2. The van der Waals surface area contributed by atoms with Crippen LogP contribution in [-0.2, 0) is 13.1 Å². The third kappa shape index (κ3) is 2.11. The molecule has 0 bridgehead atoms. The van der Waals surface area contributed by atoms with Crippen molar-refractivity contribution in [2.45, 2.75) is 13.1 Å². The van der Waals surface area contributed by atoms with Gasteiger partial charge in [-0.05, 0) is 18.2 Å². The lowest BCUT2D eigenvalue weighted by atomic mass is 10.4. The fourth-order valence-corrected chi connectivity index (χ4v) is 1.60. The number of hydrogen-bond acceptors (Lipinski definition) is 2. The van der Waals surface area contributed by atoms with E-state index in [0.717, 1.165) is 6.29 Å². The summed E-state index contributed by atoms with van der Waals surface area (Å²) in [4.78, 5) is 22.1. The summed E-state index contributed by atoms with van der Waals surface area (Å²) in [7, 11) is 0. The van der Waals surface area contributed by atoms with Gasteiger partial charge in [-0.25, -0.2) is 0 Å². The van der Waals surface area contributed by atoms with E-state index in [1.807, 2.05) is 22.9 Å². The first-order valence-electron chi connectivity index (χ1n) is 5.07. The summed E-state index contributed by atoms with van der Waals surface area (Å²) in [6.07, 6.45) is 4.39. The average Bonchev–Trinajstić information content (AvgIpc) is 2.75. The Morgan fingerprint density at radius 1 is 1.00 bits per heavy atom. The van der Waals surface area contributed by atoms with Crippen LogP contribution in [0.1, 0.15) is 10.5 Å². The van der Waals surface area contributed by atoms with Gasteiger partial charge in [-0.3, -0.25) is 9.59 Å². The minimum Gasteiger partial charge on any atom is -0.344 e. The quantitative estimate of drug-likeness (QED) is 0.720. The maximum Gasteiger partial charge on any atom is 0.250 e. The fourth-order valence-electron chi connectivity index (χ4n) is 1.60. The van der Waals surface area contributed by atoms with E-state index in [9.17, 15) is 9.59 Å². The van der Waals surface area contributed by atoms with Crippen molar-refractivity contribution in [2.24, 2.45) is 0 Å². The number of carbonyl (C=O) groups excluding carboxylic acids is 1. The average molecular weight is 216 g/mol. The summed E-state index contributed by atoms with van der Waals surface area (Å²) in [5.41, 5.74) is 0.603. The van der Waals surface area contributed by atoms with E-state index < -0.39 is 0 Å². The number of carbonyl (C=O) groups is 1. The Labute approximate surface area is 92.8 Å². The van der Waals surface area contributed by atoms with Crippen LogP contribution in [0.5, 0.6) is 0 Å². The highest BCUT2D eigenvalue weighted by atomic mass is 16.1. The standard InChI is InChI=1S/C12H12N2O2/c15-10-11-4-3-7-13(11)8-9-14-6-2-1-5-12(14)16/h1-7,10H,8-9H2. The van der Waals surface area contributed by atoms with E-state index in [1.54, 1.807) is 22.9 Å². The summed E-state index contributed by atoms with van der Waals surface area (Å²) < 4.78 is 3.45. The Hall–Kier alpha value is -2.10.